The second kappa shape index (κ2) is 8.52. The summed E-state index contributed by atoms with van der Waals surface area (Å²) in [4.78, 5) is 20.8. The van der Waals surface area contributed by atoms with Crippen LogP contribution in [0, 0.1) is 22.7 Å². The first kappa shape index (κ1) is 24.4. The molecule has 3 heterocycles. The lowest BCUT2D eigenvalue weighted by atomic mass is 9.67. The number of carbonyl (C=O) groups is 1. The van der Waals surface area contributed by atoms with Crippen molar-refractivity contribution in [1.82, 2.24) is 9.29 Å². The lowest BCUT2D eigenvalue weighted by Crippen LogP contribution is -2.55. The molecule has 1 spiro atoms. The minimum atomic E-state index is -3.78. The summed E-state index contributed by atoms with van der Waals surface area (Å²) >= 11 is 6.45. The van der Waals surface area contributed by atoms with Crippen LogP contribution >= 0.6 is 11.6 Å². The summed E-state index contributed by atoms with van der Waals surface area (Å²) in [5, 5.41) is 11.9. The second-order valence-electron chi connectivity index (χ2n) is 10.6. The third kappa shape index (κ3) is 3.75. The number of anilines is 1. The number of hydrogen-bond acceptors (Lipinski definition) is 5. The van der Waals surface area contributed by atoms with Gasteiger partial charge in [0.05, 0.1) is 34.5 Å². The van der Waals surface area contributed by atoms with E-state index in [-0.39, 0.29) is 30.7 Å². The largest absolute Gasteiger partial charge is 0.309 e. The van der Waals surface area contributed by atoms with Crippen LogP contribution in [0.1, 0.15) is 37.3 Å². The van der Waals surface area contributed by atoms with Crippen molar-refractivity contribution >= 4 is 44.0 Å². The Morgan fingerprint density at radius 2 is 1.97 bits per heavy atom. The Morgan fingerprint density at radius 3 is 2.70 bits per heavy atom. The standard InChI is InChI=1S/C28H27ClN4O3S/c1-2-21-15-33(25-13-31-12-19-5-3-4-6-23(19)25)26(34)28(21)17-32(14-20-7-8-22(29)11-24(20)28)37(35,36)18-27(16-30)9-10-27/h3-8,11-13,21H,2,9-10,14-15,17-18H2,1H3/t21-,28-/m0/s1. The first-order valence-corrected chi connectivity index (χ1v) is 14.5. The molecule has 2 atom stereocenters. The van der Waals surface area contributed by atoms with E-state index < -0.39 is 20.9 Å². The minimum absolute atomic E-state index is 0.0379. The molecule has 0 unspecified atom stereocenters. The van der Waals surface area contributed by atoms with Gasteiger partial charge in [-0.1, -0.05) is 55.3 Å². The van der Waals surface area contributed by atoms with Crippen LogP contribution in [0.3, 0.4) is 0 Å². The minimum Gasteiger partial charge on any atom is -0.309 e. The third-order valence-electron chi connectivity index (χ3n) is 8.43. The molecule has 3 aliphatic rings. The van der Waals surface area contributed by atoms with E-state index in [4.69, 9.17) is 11.6 Å². The van der Waals surface area contributed by atoms with E-state index >= 15 is 0 Å². The summed E-state index contributed by atoms with van der Waals surface area (Å²) in [6, 6.07) is 15.4. The molecule has 6 rings (SSSR count). The topological polar surface area (TPSA) is 94.4 Å². The molecule has 0 N–H and O–H groups in total. The van der Waals surface area contributed by atoms with Crippen molar-refractivity contribution in [3.05, 3.63) is 71.0 Å². The van der Waals surface area contributed by atoms with Crippen LogP contribution in [0.4, 0.5) is 5.69 Å². The van der Waals surface area contributed by atoms with Gasteiger partial charge in [-0.2, -0.15) is 9.57 Å². The highest BCUT2D eigenvalue weighted by Gasteiger charge is 2.60. The smallest absolute Gasteiger partial charge is 0.239 e. The summed E-state index contributed by atoms with van der Waals surface area (Å²) in [5.74, 6) is -0.486. The van der Waals surface area contributed by atoms with Gasteiger partial charge < -0.3 is 4.90 Å². The molecule has 1 aromatic heterocycles. The highest BCUT2D eigenvalue weighted by atomic mass is 35.5. The van der Waals surface area contributed by atoms with Gasteiger partial charge in [0.25, 0.3) is 0 Å². The van der Waals surface area contributed by atoms with Crippen LogP contribution in [0.15, 0.2) is 54.9 Å². The number of hydrogen-bond donors (Lipinski definition) is 0. The van der Waals surface area contributed by atoms with Gasteiger partial charge in [-0.3, -0.25) is 9.78 Å². The Bertz CT molecular complexity index is 1570. The van der Waals surface area contributed by atoms with Crippen molar-refractivity contribution in [2.45, 2.75) is 38.1 Å². The number of benzene rings is 2. The molecule has 1 amide bonds. The van der Waals surface area contributed by atoms with Gasteiger partial charge >= 0.3 is 0 Å². The van der Waals surface area contributed by atoms with Crippen molar-refractivity contribution in [2.24, 2.45) is 11.3 Å². The van der Waals surface area contributed by atoms with E-state index in [1.807, 2.05) is 43.3 Å². The molecule has 3 aromatic rings. The number of rotatable bonds is 5. The Kier molecular flexibility index (Phi) is 5.61. The summed E-state index contributed by atoms with van der Waals surface area (Å²) in [7, 11) is -3.78. The first-order chi connectivity index (χ1) is 17.7. The van der Waals surface area contributed by atoms with E-state index in [0.29, 0.717) is 30.8 Å². The van der Waals surface area contributed by atoms with Gasteiger partial charge in [0.2, 0.25) is 15.9 Å². The molecular formula is C28H27ClN4O3S. The average molecular weight is 535 g/mol. The van der Waals surface area contributed by atoms with Crippen LogP contribution in [0.25, 0.3) is 10.8 Å². The Hall–Kier alpha value is -2.99. The third-order valence-corrected chi connectivity index (χ3v) is 10.6. The molecule has 7 nitrogen and oxygen atoms in total. The fraction of sp³-hybridized carbons (Fsp3) is 0.393. The molecular weight excluding hydrogens is 508 g/mol. The van der Waals surface area contributed by atoms with Crippen molar-refractivity contribution in [1.29, 1.82) is 5.26 Å². The van der Waals surface area contributed by atoms with Crippen LogP contribution in [0.2, 0.25) is 5.02 Å². The van der Waals surface area contributed by atoms with E-state index in [1.54, 1.807) is 23.4 Å². The van der Waals surface area contributed by atoms with E-state index in [2.05, 4.69) is 11.1 Å². The van der Waals surface area contributed by atoms with Gasteiger partial charge in [-0.25, -0.2) is 8.42 Å². The maximum Gasteiger partial charge on any atom is 0.239 e. The highest BCUT2D eigenvalue weighted by Crippen LogP contribution is 2.51. The maximum absolute atomic E-state index is 14.6. The molecule has 1 aliphatic carbocycles. The molecule has 0 radical (unpaired) electrons. The summed E-state index contributed by atoms with van der Waals surface area (Å²) < 4.78 is 28.8. The lowest BCUT2D eigenvalue weighted by Gasteiger charge is -2.43. The van der Waals surface area contributed by atoms with Crippen molar-refractivity contribution in [3.63, 3.8) is 0 Å². The average Bonchev–Trinajstić information content (AvgIpc) is 3.61. The van der Waals surface area contributed by atoms with Gasteiger partial charge in [-0.15, -0.1) is 0 Å². The van der Waals surface area contributed by atoms with Crippen molar-refractivity contribution in [2.75, 3.05) is 23.7 Å². The van der Waals surface area contributed by atoms with Crippen molar-refractivity contribution in [3.8, 4) is 6.07 Å². The molecule has 0 bridgehead atoms. The normalized spacial score (nSPS) is 24.8. The zero-order valence-electron chi connectivity index (χ0n) is 20.5. The molecule has 2 aromatic carbocycles. The Labute approximate surface area is 221 Å². The summed E-state index contributed by atoms with van der Waals surface area (Å²) in [6.07, 6.45) is 5.35. The molecule has 2 aliphatic heterocycles. The quantitative estimate of drug-likeness (QED) is 0.475. The number of halogens is 1. The number of nitrogens with zero attached hydrogens (tertiary/aromatic N) is 4. The highest BCUT2D eigenvalue weighted by molar-refractivity contribution is 7.89. The lowest BCUT2D eigenvalue weighted by molar-refractivity contribution is -0.123. The van der Waals surface area contributed by atoms with E-state index in [9.17, 15) is 18.5 Å². The molecule has 37 heavy (non-hydrogen) atoms. The van der Waals surface area contributed by atoms with Crippen molar-refractivity contribution < 1.29 is 13.2 Å². The fourth-order valence-corrected chi connectivity index (χ4v) is 8.34. The van der Waals surface area contributed by atoms with E-state index in [1.165, 1.54) is 4.31 Å². The molecule has 2 fully saturated rings. The Morgan fingerprint density at radius 1 is 1.19 bits per heavy atom. The van der Waals surface area contributed by atoms with Crippen LogP contribution in [0.5, 0.6) is 0 Å². The number of nitriles is 1. The monoisotopic (exact) mass is 534 g/mol. The predicted molar refractivity (Wildman–Crippen MR) is 142 cm³/mol. The van der Waals surface area contributed by atoms with Gasteiger partial charge in [0.15, 0.2) is 0 Å². The maximum atomic E-state index is 14.6. The molecule has 1 saturated carbocycles. The van der Waals surface area contributed by atoms with Crippen LogP contribution in [-0.4, -0.2) is 42.5 Å². The van der Waals surface area contributed by atoms with Gasteiger partial charge in [-0.05, 0) is 42.0 Å². The zero-order valence-corrected chi connectivity index (χ0v) is 22.1. The number of aromatic nitrogens is 1. The Balaban J connectivity index is 1.49. The molecule has 9 heteroatoms. The van der Waals surface area contributed by atoms with Gasteiger partial charge in [0, 0.05) is 41.6 Å². The predicted octanol–water partition coefficient (Wildman–Crippen LogP) is 4.65. The zero-order chi connectivity index (χ0) is 26.0. The number of amides is 1. The van der Waals surface area contributed by atoms with E-state index in [0.717, 1.165) is 27.6 Å². The SMILES string of the molecule is CC[C@H]1CN(c2cncc3ccccc23)C(=O)[C@@]12CN(S(=O)(=O)CC1(C#N)CC1)Cc1ccc(Cl)cc12. The first-order valence-electron chi connectivity index (χ1n) is 12.6. The number of carbonyl (C=O) groups excluding carboxylic acids is 1. The summed E-state index contributed by atoms with van der Waals surface area (Å²) in [6.45, 7) is 2.69. The van der Waals surface area contributed by atoms with Crippen LogP contribution < -0.4 is 4.90 Å². The number of sulfonamides is 1. The second-order valence-corrected chi connectivity index (χ2v) is 13.0. The number of fused-ring (bicyclic) bond motifs is 3. The summed E-state index contributed by atoms with van der Waals surface area (Å²) in [5.41, 5.74) is 0.423. The molecule has 1 saturated heterocycles. The van der Waals surface area contributed by atoms with Crippen LogP contribution in [-0.2, 0) is 26.8 Å². The molecule has 190 valence electrons. The fourth-order valence-electron chi connectivity index (χ4n) is 6.19. The number of pyridine rings is 1. The van der Waals surface area contributed by atoms with Gasteiger partial charge in [0.1, 0.15) is 0 Å².